The smallest absolute Gasteiger partial charge is 0.413 e. The van der Waals surface area contributed by atoms with Crippen molar-refractivity contribution < 1.29 is 41.0 Å². The van der Waals surface area contributed by atoms with Gasteiger partial charge in [0.1, 0.15) is 23.7 Å². The lowest BCUT2D eigenvalue weighted by atomic mass is 10.1. The fourth-order valence-corrected chi connectivity index (χ4v) is 4.77. The molecule has 0 radical (unpaired) electrons. The number of halogens is 5. The Balaban J connectivity index is 1.45. The second-order valence-corrected chi connectivity index (χ2v) is 11.2. The molecular weight excluding hydrogens is 595 g/mol. The molecule has 0 spiro atoms. The Morgan fingerprint density at radius 3 is 2.50 bits per heavy atom. The van der Waals surface area contributed by atoms with Gasteiger partial charge in [0.2, 0.25) is 5.91 Å². The topological polar surface area (TPSA) is 130 Å². The third kappa shape index (κ3) is 7.32. The second kappa shape index (κ2) is 11.9. The molecule has 3 aromatic heterocycles. The van der Waals surface area contributed by atoms with Gasteiger partial charge in [0, 0.05) is 43.3 Å². The molecule has 0 atom stereocenters. The van der Waals surface area contributed by atoms with Crippen molar-refractivity contribution in [2.75, 3.05) is 32.7 Å². The van der Waals surface area contributed by atoms with Crippen LogP contribution in [0.25, 0.3) is 33.5 Å². The third-order valence-electron chi connectivity index (χ3n) is 6.63. The minimum Gasteiger partial charge on any atom is -0.435 e. The number of carbonyl (C=O) groups is 2. The highest BCUT2D eigenvalue weighted by Crippen LogP contribution is 2.32. The molecule has 1 fully saturated rings. The van der Waals surface area contributed by atoms with Crippen LogP contribution < -0.4 is 14.8 Å². The second-order valence-electron chi connectivity index (χ2n) is 11.2. The van der Waals surface area contributed by atoms with Gasteiger partial charge < -0.3 is 24.7 Å². The molecule has 0 bridgehead atoms. The molecule has 17 heteroatoms. The van der Waals surface area contributed by atoms with Crippen LogP contribution in [0.4, 0.5) is 26.7 Å². The lowest BCUT2D eigenvalue weighted by molar-refractivity contribution is -0.151. The van der Waals surface area contributed by atoms with Gasteiger partial charge in [-0.2, -0.15) is 27.1 Å². The number of benzene rings is 1. The molecule has 12 nitrogen and oxygen atoms in total. The average molecular weight is 625 g/mol. The van der Waals surface area contributed by atoms with E-state index >= 15 is 0 Å². The maximum absolute atomic E-state index is 13.2. The Labute approximate surface area is 247 Å². The summed E-state index contributed by atoms with van der Waals surface area (Å²) in [5, 5.41) is 7.54. The first-order valence-corrected chi connectivity index (χ1v) is 13.5. The van der Waals surface area contributed by atoms with Gasteiger partial charge in [-0.05, 0) is 39.0 Å². The van der Waals surface area contributed by atoms with Crippen molar-refractivity contribution in [3.8, 4) is 22.9 Å². The summed E-state index contributed by atoms with van der Waals surface area (Å²) >= 11 is 0. The van der Waals surface area contributed by atoms with Crippen LogP contribution in [0, 0.1) is 0 Å². The van der Waals surface area contributed by atoms with Crippen LogP contribution in [0.15, 0.2) is 30.6 Å². The van der Waals surface area contributed by atoms with Crippen molar-refractivity contribution in [2.45, 2.75) is 45.6 Å². The van der Waals surface area contributed by atoms with Crippen molar-refractivity contribution in [3.63, 3.8) is 0 Å². The molecule has 236 valence electrons. The van der Waals surface area contributed by atoms with E-state index in [2.05, 4.69) is 30.1 Å². The van der Waals surface area contributed by atoms with Crippen LogP contribution in [0.1, 0.15) is 20.8 Å². The van der Waals surface area contributed by atoms with Crippen molar-refractivity contribution >= 4 is 34.1 Å². The SMILES string of the molecule is CC(C)(C)NC(=O)Oc1c[nH]c2ncc(-c3nn(CC(=O)N4CCN(CC(F)(F)F)CC4)c4ccc(OC(F)F)cc34)nc12. The van der Waals surface area contributed by atoms with Gasteiger partial charge >= 0.3 is 18.9 Å². The highest BCUT2D eigenvalue weighted by molar-refractivity contribution is 5.95. The molecular formula is C27H29F5N8O4. The van der Waals surface area contributed by atoms with Gasteiger partial charge in [-0.15, -0.1) is 0 Å². The van der Waals surface area contributed by atoms with E-state index in [-0.39, 0.29) is 67.0 Å². The first-order chi connectivity index (χ1) is 20.6. The number of alkyl halides is 5. The molecule has 1 aliphatic rings. The molecule has 0 unspecified atom stereocenters. The van der Waals surface area contributed by atoms with Crippen molar-refractivity contribution in [1.29, 1.82) is 0 Å². The predicted molar refractivity (Wildman–Crippen MR) is 147 cm³/mol. The summed E-state index contributed by atoms with van der Waals surface area (Å²) in [5.74, 6) is -0.450. The van der Waals surface area contributed by atoms with Gasteiger partial charge in [0.15, 0.2) is 16.9 Å². The number of hydrogen-bond donors (Lipinski definition) is 2. The number of ether oxygens (including phenoxy) is 2. The van der Waals surface area contributed by atoms with E-state index < -0.39 is 31.0 Å². The number of nitrogens with zero attached hydrogens (tertiary/aromatic N) is 6. The molecule has 2 N–H and O–H groups in total. The molecule has 0 saturated carbocycles. The zero-order valence-electron chi connectivity index (χ0n) is 23.9. The number of amides is 2. The standard InChI is InChI=1S/C27H29F5N8O4/c1-26(2,3)36-25(42)44-19-12-34-23-22(19)35-17(11-33-23)21-16-10-15(43-24(28)29)4-5-18(16)40(37-21)13-20(41)39-8-6-38(7-9-39)14-27(30,31)32/h4-5,10-12,24H,6-9,13-14H2,1-3H3,(H,33,34)(H,36,42). The number of aromatic nitrogens is 5. The number of fused-ring (bicyclic) bond motifs is 2. The number of carbonyl (C=O) groups excluding carboxylic acids is 2. The van der Waals surface area contributed by atoms with Crippen LogP contribution in [0.5, 0.6) is 11.5 Å². The maximum Gasteiger partial charge on any atom is 0.413 e. The van der Waals surface area contributed by atoms with E-state index in [9.17, 15) is 31.5 Å². The minimum absolute atomic E-state index is 0.0646. The summed E-state index contributed by atoms with van der Waals surface area (Å²) in [6.07, 6.45) is -2.25. The van der Waals surface area contributed by atoms with Gasteiger partial charge in [0.05, 0.1) is 18.3 Å². The minimum atomic E-state index is -4.33. The highest BCUT2D eigenvalue weighted by atomic mass is 19.4. The van der Waals surface area contributed by atoms with E-state index in [1.165, 1.54) is 45.1 Å². The molecule has 1 aromatic carbocycles. The fraction of sp³-hybridized carbons (Fsp3) is 0.444. The van der Waals surface area contributed by atoms with Crippen molar-refractivity contribution in [1.82, 2.24) is 39.8 Å². The maximum atomic E-state index is 13.2. The number of piperazine rings is 1. The Bertz CT molecular complexity index is 1670. The summed E-state index contributed by atoms with van der Waals surface area (Å²) in [5.41, 5.74) is 0.701. The summed E-state index contributed by atoms with van der Waals surface area (Å²) in [4.78, 5) is 40.0. The molecule has 4 aromatic rings. The molecule has 0 aliphatic carbocycles. The number of rotatable bonds is 7. The van der Waals surface area contributed by atoms with E-state index in [1.54, 1.807) is 20.8 Å². The molecule has 4 heterocycles. The Kier molecular flexibility index (Phi) is 8.33. The van der Waals surface area contributed by atoms with Gasteiger partial charge in [0.25, 0.3) is 0 Å². The molecule has 1 saturated heterocycles. The van der Waals surface area contributed by atoms with E-state index in [0.717, 1.165) is 0 Å². The van der Waals surface area contributed by atoms with E-state index in [1.807, 2.05) is 0 Å². The van der Waals surface area contributed by atoms with E-state index in [4.69, 9.17) is 4.74 Å². The van der Waals surface area contributed by atoms with E-state index in [0.29, 0.717) is 16.6 Å². The molecule has 1 aliphatic heterocycles. The summed E-state index contributed by atoms with van der Waals surface area (Å²) < 4.78 is 75.6. The summed E-state index contributed by atoms with van der Waals surface area (Å²) in [7, 11) is 0. The largest absolute Gasteiger partial charge is 0.435 e. The van der Waals surface area contributed by atoms with Crippen LogP contribution in [0.2, 0.25) is 0 Å². The van der Waals surface area contributed by atoms with Crippen LogP contribution >= 0.6 is 0 Å². The summed E-state index contributed by atoms with van der Waals surface area (Å²) in [6.45, 7) is 1.29. The molecule has 2 amide bonds. The van der Waals surface area contributed by atoms with Gasteiger partial charge in [-0.3, -0.25) is 14.4 Å². The van der Waals surface area contributed by atoms with Crippen molar-refractivity contribution in [2.24, 2.45) is 0 Å². The number of nitrogens with one attached hydrogen (secondary N) is 2. The number of H-pyrrole nitrogens is 1. The first kappa shape index (κ1) is 30.9. The zero-order valence-corrected chi connectivity index (χ0v) is 23.9. The Morgan fingerprint density at radius 2 is 1.84 bits per heavy atom. The monoisotopic (exact) mass is 624 g/mol. The summed E-state index contributed by atoms with van der Waals surface area (Å²) in [6, 6.07) is 4.10. The van der Waals surface area contributed by atoms with Gasteiger partial charge in [-0.25, -0.2) is 14.8 Å². The first-order valence-electron chi connectivity index (χ1n) is 13.5. The van der Waals surface area contributed by atoms with Crippen LogP contribution in [-0.4, -0.2) is 97.6 Å². The Morgan fingerprint density at radius 1 is 1.11 bits per heavy atom. The fourth-order valence-electron chi connectivity index (χ4n) is 4.77. The van der Waals surface area contributed by atoms with Crippen LogP contribution in [-0.2, 0) is 11.3 Å². The van der Waals surface area contributed by atoms with Crippen LogP contribution in [0.3, 0.4) is 0 Å². The van der Waals surface area contributed by atoms with Crippen molar-refractivity contribution in [3.05, 3.63) is 30.6 Å². The molecule has 44 heavy (non-hydrogen) atoms. The lowest BCUT2D eigenvalue weighted by Gasteiger charge is -2.35. The predicted octanol–water partition coefficient (Wildman–Crippen LogP) is 4.17. The lowest BCUT2D eigenvalue weighted by Crippen LogP contribution is -2.51. The van der Waals surface area contributed by atoms with Gasteiger partial charge in [-0.1, -0.05) is 0 Å². The molecule has 5 rings (SSSR count). The highest BCUT2D eigenvalue weighted by Gasteiger charge is 2.33. The number of hydrogen-bond acceptors (Lipinski definition) is 8. The quantitative estimate of drug-likeness (QED) is 0.293. The third-order valence-corrected chi connectivity index (χ3v) is 6.63. The number of aromatic amines is 1. The Hall–Kier alpha value is -4.54. The average Bonchev–Trinajstić information content (AvgIpc) is 3.47. The normalized spacial score (nSPS) is 14.9. The zero-order chi connectivity index (χ0) is 31.8.